The summed E-state index contributed by atoms with van der Waals surface area (Å²) >= 11 is 0. The lowest BCUT2D eigenvalue weighted by atomic mass is 10.1. The molecule has 0 unspecified atom stereocenters. The molecule has 0 aliphatic heterocycles. The lowest BCUT2D eigenvalue weighted by molar-refractivity contribution is 0.100. The van der Waals surface area contributed by atoms with Gasteiger partial charge < -0.3 is 25.7 Å². The Morgan fingerprint density at radius 3 is 1.08 bits per heavy atom. The first kappa shape index (κ1) is 52.6. The molecule has 0 fully saturated rings. The van der Waals surface area contributed by atoms with Gasteiger partial charge in [0.05, 0.1) is 27.4 Å². The zero-order valence-electron chi connectivity index (χ0n) is 36.4. The number of hydrogen-bond acceptors (Lipinski definition) is 12. The summed E-state index contributed by atoms with van der Waals surface area (Å²) in [7, 11) is -36.7. The Morgan fingerprint density at radius 1 is 0.403 bits per heavy atom. The number of nitrogens with zero attached hydrogens (tertiary/aromatic N) is 1. The Labute approximate surface area is 412 Å². The number of amides is 2. The molecule has 0 spiro atoms. The topological polar surface area (TPSA) is 349 Å². The molecule has 0 aliphatic rings. The predicted octanol–water partition coefficient (Wildman–Crippen LogP) is 7.21. The highest BCUT2D eigenvalue weighted by molar-refractivity contribution is 7.90. The van der Waals surface area contributed by atoms with Crippen LogP contribution in [-0.4, -0.2) is 63.7 Å². The third-order valence-corrected chi connectivity index (χ3v) is 18.3. The number of nitrogens with one attached hydrogen (secondary N) is 5. The van der Waals surface area contributed by atoms with Crippen LogP contribution in [0.1, 0.15) is 20.7 Å². The van der Waals surface area contributed by atoms with E-state index in [4.69, 9.17) is 0 Å². The maximum absolute atomic E-state index is 16.8. The van der Waals surface area contributed by atoms with Crippen molar-refractivity contribution in [2.24, 2.45) is 0 Å². The fourth-order valence-corrected chi connectivity index (χ4v) is 16.3. The molecule has 0 aliphatic carbocycles. The first-order valence-corrected chi connectivity index (χ1v) is 29.4. The van der Waals surface area contributed by atoms with Crippen molar-refractivity contribution in [2.45, 2.75) is 14.7 Å². The van der Waals surface area contributed by atoms with E-state index >= 15 is 18.7 Å². The summed E-state index contributed by atoms with van der Waals surface area (Å²) in [4.78, 5) is 25.5. The van der Waals surface area contributed by atoms with Crippen LogP contribution in [0.4, 0.5) is 34.1 Å². The standard InChI is InChI=1S/C44H38N6O16P2S4/c51-43(45-30-18-6-1-7-19-30)38-39(67(53,46-31-20-8-2-9-21-31)47-32-22-10-3-11-23-32)37(44(52)50(72(64,65)66)35-28-16-17-29-36(35)69(55,56)57)40(42(71(61,62)63)41(38)70(58,59)60)68(54,48-33-24-12-4-13-25-33)49-34-26-14-5-15-27-34/h1-29H,(H,45,51)(H2,46,47,53)(H2,48,49,54)(H,55,56,57)(H,58,59,60)(H,61,62,63)(H,64,65,66). The van der Waals surface area contributed by atoms with Crippen molar-refractivity contribution in [3.63, 3.8) is 0 Å². The van der Waals surface area contributed by atoms with Crippen molar-refractivity contribution < 1.29 is 70.6 Å². The predicted molar refractivity (Wildman–Crippen MR) is 270 cm³/mol. The molecule has 9 N–H and O–H groups in total. The van der Waals surface area contributed by atoms with Gasteiger partial charge in [0, 0.05) is 28.4 Å². The van der Waals surface area contributed by atoms with Crippen molar-refractivity contribution in [1.82, 2.24) is 0 Å². The molecule has 7 aromatic carbocycles. The first-order valence-electron chi connectivity index (χ1n) is 20.3. The highest BCUT2D eigenvalue weighted by Gasteiger charge is 2.52. The SMILES string of the molecule is O=C(Nc1ccccc1)c1c(P(=O)(Nc2ccccc2)Nc2ccccc2)c(C(=O)N(c2ccccc2S(=O)(=O)O)S(=O)(=O)O)c(P(=O)(Nc2ccccc2)Nc2ccccc2)c(S(=O)(=O)O)c1S(=O)(=O)O. The molecule has 7 rings (SSSR count). The van der Waals surface area contributed by atoms with E-state index in [1.54, 1.807) is 0 Å². The molecular weight excluding hydrogens is 1060 g/mol. The molecule has 374 valence electrons. The van der Waals surface area contributed by atoms with E-state index in [9.17, 15) is 51.9 Å². The summed E-state index contributed by atoms with van der Waals surface area (Å²) in [5, 5.41) is 8.81. The summed E-state index contributed by atoms with van der Waals surface area (Å²) in [5.74, 6) is -4.34. The van der Waals surface area contributed by atoms with E-state index < -0.39 is 114 Å². The molecule has 72 heavy (non-hydrogen) atoms. The van der Waals surface area contributed by atoms with Crippen molar-refractivity contribution in [2.75, 3.05) is 30.0 Å². The van der Waals surface area contributed by atoms with Crippen molar-refractivity contribution in [3.8, 4) is 0 Å². The number of hydrogen-bond donors (Lipinski definition) is 9. The number of para-hydroxylation sites is 6. The molecule has 0 atom stereocenters. The Hall–Kier alpha value is -7.22. The van der Waals surface area contributed by atoms with Crippen LogP contribution in [0.3, 0.4) is 0 Å². The fourth-order valence-electron chi connectivity index (χ4n) is 7.25. The van der Waals surface area contributed by atoms with Gasteiger partial charge >= 0.3 is 10.3 Å². The summed E-state index contributed by atoms with van der Waals surface area (Å²) in [6, 6.07) is 36.3. The average molecular weight is 1100 g/mol. The molecular formula is C44H38N6O16P2S4. The van der Waals surface area contributed by atoms with E-state index in [0.29, 0.717) is 12.1 Å². The Bertz CT molecular complexity index is 3690. The lowest BCUT2D eigenvalue weighted by Crippen LogP contribution is -2.47. The summed E-state index contributed by atoms with van der Waals surface area (Å²) < 4.78 is 188. The summed E-state index contributed by atoms with van der Waals surface area (Å²) in [5.41, 5.74) is -6.31. The van der Waals surface area contributed by atoms with Gasteiger partial charge in [0.1, 0.15) is 14.7 Å². The molecule has 0 saturated heterocycles. The molecule has 2 amide bonds. The van der Waals surface area contributed by atoms with Gasteiger partial charge in [-0.05, 0) is 72.8 Å². The zero-order valence-corrected chi connectivity index (χ0v) is 41.5. The van der Waals surface area contributed by atoms with Crippen LogP contribution >= 0.6 is 14.9 Å². The van der Waals surface area contributed by atoms with Crippen molar-refractivity contribution >= 4 is 112 Å². The minimum atomic E-state index is -6.56. The van der Waals surface area contributed by atoms with Gasteiger partial charge in [-0.2, -0.15) is 38.0 Å². The van der Waals surface area contributed by atoms with Crippen LogP contribution in [-0.2, 0) is 49.8 Å². The minimum absolute atomic E-state index is 0.206. The Kier molecular flexibility index (Phi) is 15.0. The third kappa shape index (κ3) is 11.6. The van der Waals surface area contributed by atoms with Gasteiger partial charge in [-0.1, -0.05) is 103 Å². The molecule has 0 radical (unpaired) electrons. The van der Waals surface area contributed by atoms with E-state index in [2.05, 4.69) is 25.7 Å². The number of carbonyl (C=O) groups excluding carboxylic acids is 2. The van der Waals surface area contributed by atoms with E-state index in [1.807, 2.05) is 0 Å². The minimum Gasteiger partial charge on any atom is -0.322 e. The largest absolute Gasteiger partial charge is 0.366 e. The summed E-state index contributed by atoms with van der Waals surface area (Å²) in [6.07, 6.45) is 0. The van der Waals surface area contributed by atoms with Crippen molar-refractivity contribution in [3.05, 3.63) is 187 Å². The maximum atomic E-state index is 16.8. The Balaban J connectivity index is 1.86. The highest BCUT2D eigenvalue weighted by Crippen LogP contribution is 2.54. The number of anilines is 6. The van der Waals surface area contributed by atoms with Crippen molar-refractivity contribution in [1.29, 1.82) is 0 Å². The number of carbonyl (C=O) groups is 2. The van der Waals surface area contributed by atoms with Crippen LogP contribution in [0.15, 0.2) is 191 Å². The Morgan fingerprint density at radius 2 is 0.736 bits per heavy atom. The molecule has 0 aromatic heterocycles. The molecule has 22 nitrogen and oxygen atoms in total. The maximum Gasteiger partial charge on any atom is 0.366 e. The van der Waals surface area contributed by atoms with Gasteiger partial charge in [-0.25, -0.2) is 0 Å². The number of rotatable bonds is 18. The second-order valence-corrected chi connectivity index (χ2v) is 24.6. The lowest BCUT2D eigenvalue weighted by Gasteiger charge is -2.33. The van der Waals surface area contributed by atoms with Crippen LogP contribution < -0.4 is 40.6 Å². The number of benzene rings is 7. The molecule has 28 heteroatoms. The smallest absolute Gasteiger partial charge is 0.322 e. The fraction of sp³-hybridized carbons (Fsp3) is 0. The monoisotopic (exact) mass is 1100 g/mol. The summed E-state index contributed by atoms with van der Waals surface area (Å²) in [6.45, 7) is 0. The second-order valence-electron chi connectivity index (χ2n) is 15.0. The van der Waals surface area contributed by atoms with Gasteiger partial charge in [0.2, 0.25) is 0 Å². The normalized spacial score (nSPS) is 12.3. The third-order valence-electron chi connectivity index (χ3n) is 10.00. The van der Waals surface area contributed by atoms with E-state index in [1.165, 1.54) is 152 Å². The van der Waals surface area contributed by atoms with Gasteiger partial charge in [-0.15, -0.1) is 0 Å². The first-order chi connectivity index (χ1) is 33.8. The molecule has 7 aromatic rings. The van der Waals surface area contributed by atoms with E-state index in [0.717, 1.165) is 12.1 Å². The van der Waals surface area contributed by atoms with Gasteiger partial charge in [0.25, 0.3) is 57.1 Å². The quantitative estimate of drug-likeness (QED) is 0.0302. The van der Waals surface area contributed by atoms with Crippen LogP contribution in [0.5, 0.6) is 0 Å². The van der Waals surface area contributed by atoms with E-state index in [-0.39, 0.29) is 28.4 Å². The van der Waals surface area contributed by atoms with Crippen LogP contribution in [0.25, 0.3) is 0 Å². The zero-order chi connectivity index (χ0) is 52.3. The van der Waals surface area contributed by atoms with Crippen LogP contribution in [0.2, 0.25) is 0 Å². The van der Waals surface area contributed by atoms with Crippen LogP contribution in [0, 0.1) is 0 Å². The van der Waals surface area contributed by atoms with Gasteiger partial charge in [-0.3, -0.25) is 36.9 Å². The van der Waals surface area contributed by atoms with Gasteiger partial charge in [0.15, 0.2) is 0 Å². The molecule has 0 saturated carbocycles. The molecule has 0 bridgehead atoms. The second kappa shape index (κ2) is 20.5. The highest BCUT2D eigenvalue weighted by atomic mass is 32.2. The molecule has 0 heterocycles. The average Bonchev–Trinajstić information content (AvgIpc) is 3.31.